The topological polar surface area (TPSA) is 21.3 Å². The van der Waals surface area contributed by atoms with Gasteiger partial charge in [-0.05, 0) is 68.1 Å². The average molecular weight is 433 g/mol. The van der Waals surface area contributed by atoms with Crippen LogP contribution in [0.2, 0.25) is 0 Å². The summed E-state index contributed by atoms with van der Waals surface area (Å²) in [7, 11) is 0. The Labute approximate surface area is 147 Å². The van der Waals surface area contributed by atoms with Gasteiger partial charge in [0.05, 0.1) is 4.47 Å². The molecule has 2 nitrogen and oxygen atoms in total. The molecule has 0 spiro atoms. The van der Waals surface area contributed by atoms with Crippen LogP contribution in [0, 0.1) is 5.92 Å². The number of ether oxygens (including phenoxy) is 1. The van der Waals surface area contributed by atoms with E-state index >= 15 is 0 Å². The zero-order valence-corrected chi connectivity index (χ0v) is 16.1. The van der Waals surface area contributed by atoms with Crippen molar-refractivity contribution in [3.8, 4) is 5.75 Å². The minimum absolute atomic E-state index is 0.597. The van der Waals surface area contributed by atoms with Gasteiger partial charge in [-0.3, -0.25) is 0 Å². The molecule has 0 aliphatic rings. The van der Waals surface area contributed by atoms with Crippen molar-refractivity contribution in [1.82, 2.24) is 5.32 Å². The van der Waals surface area contributed by atoms with E-state index in [2.05, 4.69) is 74.6 Å². The van der Waals surface area contributed by atoms with Crippen molar-refractivity contribution >= 4 is 43.2 Å². The normalized spacial score (nSPS) is 11.1. The lowest BCUT2D eigenvalue weighted by molar-refractivity contribution is 0.307. The predicted octanol–water partition coefficient (Wildman–Crippen LogP) is 5.60. The van der Waals surface area contributed by atoms with Crippen LogP contribution in [0.3, 0.4) is 0 Å². The second kappa shape index (κ2) is 8.32. The molecule has 5 heteroatoms. The number of nitrogens with one attached hydrogen (secondary N) is 1. The maximum atomic E-state index is 5.86. The van der Waals surface area contributed by atoms with Gasteiger partial charge in [0, 0.05) is 21.3 Å². The fourth-order valence-electron chi connectivity index (χ4n) is 1.85. The van der Waals surface area contributed by atoms with Gasteiger partial charge in [0.15, 0.2) is 0 Å². The minimum atomic E-state index is 0.597. The smallest absolute Gasteiger partial charge is 0.134 e. The van der Waals surface area contributed by atoms with E-state index in [1.165, 1.54) is 10.4 Å². The maximum Gasteiger partial charge on any atom is 0.134 e. The summed E-state index contributed by atoms with van der Waals surface area (Å²) in [6, 6.07) is 8.34. The molecule has 0 fully saturated rings. The molecule has 0 aliphatic heterocycles. The molecule has 1 aromatic carbocycles. The van der Waals surface area contributed by atoms with Crippen molar-refractivity contribution in [2.45, 2.75) is 27.0 Å². The van der Waals surface area contributed by atoms with Crippen LogP contribution in [0.4, 0.5) is 0 Å². The van der Waals surface area contributed by atoms with Crippen LogP contribution in [-0.2, 0) is 13.2 Å². The molecular formula is C16H19Br2NOS. The predicted molar refractivity (Wildman–Crippen MR) is 97.0 cm³/mol. The van der Waals surface area contributed by atoms with E-state index < -0.39 is 0 Å². The maximum absolute atomic E-state index is 5.86. The van der Waals surface area contributed by atoms with Gasteiger partial charge in [-0.25, -0.2) is 0 Å². The lowest BCUT2D eigenvalue weighted by Gasteiger charge is -2.11. The van der Waals surface area contributed by atoms with Crippen molar-refractivity contribution in [3.63, 3.8) is 0 Å². The average Bonchev–Trinajstić information content (AvgIpc) is 2.83. The van der Waals surface area contributed by atoms with E-state index in [1.807, 2.05) is 6.07 Å². The molecule has 0 unspecified atom stereocenters. The van der Waals surface area contributed by atoms with Crippen LogP contribution in [0.25, 0.3) is 0 Å². The highest BCUT2D eigenvalue weighted by atomic mass is 79.9. The lowest BCUT2D eigenvalue weighted by Crippen LogP contribution is -2.18. The zero-order chi connectivity index (χ0) is 15.2. The third-order valence-corrected chi connectivity index (χ3v) is 5.16. The third kappa shape index (κ3) is 5.74. The minimum Gasteiger partial charge on any atom is -0.487 e. The Hall–Kier alpha value is -0.360. The van der Waals surface area contributed by atoms with Crippen molar-refractivity contribution < 1.29 is 4.74 Å². The van der Waals surface area contributed by atoms with E-state index in [0.717, 1.165) is 27.8 Å². The summed E-state index contributed by atoms with van der Waals surface area (Å²) in [6.07, 6.45) is 0. The van der Waals surface area contributed by atoms with Gasteiger partial charge >= 0.3 is 0 Å². The quantitative estimate of drug-likeness (QED) is 0.614. The summed E-state index contributed by atoms with van der Waals surface area (Å²) in [5.41, 5.74) is 1.26. The van der Waals surface area contributed by atoms with Gasteiger partial charge in [-0.2, -0.15) is 0 Å². The number of hydrogen-bond acceptors (Lipinski definition) is 3. The summed E-state index contributed by atoms with van der Waals surface area (Å²) in [5.74, 6) is 1.55. The van der Waals surface area contributed by atoms with Crippen LogP contribution >= 0.6 is 43.2 Å². The van der Waals surface area contributed by atoms with Crippen LogP contribution in [-0.4, -0.2) is 6.54 Å². The first-order valence-electron chi connectivity index (χ1n) is 6.89. The van der Waals surface area contributed by atoms with E-state index in [0.29, 0.717) is 12.5 Å². The van der Waals surface area contributed by atoms with Crippen molar-refractivity contribution in [2.75, 3.05) is 6.54 Å². The van der Waals surface area contributed by atoms with E-state index in [9.17, 15) is 0 Å². The van der Waals surface area contributed by atoms with Crippen molar-refractivity contribution in [2.24, 2.45) is 5.92 Å². The van der Waals surface area contributed by atoms with E-state index in [-0.39, 0.29) is 0 Å². The largest absolute Gasteiger partial charge is 0.487 e. The van der Waals surface area contributed by atoms with E-state index in [4.69, 9.17) is 4.74 Å². The van der Waals surface area contributed by atoms with Gasteiger partial charge in [0.25, 0.3) is 0 Å². The molecule has 0 aliphatic carbocycles. The van der Waals surface area contributed by atoms with Crippen molar-refractivity contribution in [3.05, 3.63) is 49.0 Å². The lowest BCUT2D eigenvalue weighted by atomic mass is 10.2. The van der Waals surface area contributed by atoms with Crippen molar-refractivity contribution in [1.29, 1.82) is 0 Å². The first kappa shape index (κ1) is 17.0. The van der Waals surface area contributed by atoms with Gasteiger partial charge in [-0.1, -0.05) is 19.9 Å². The summed E-state index contributed by atoms with van der Waals surface area (Å²) >= 11 is 8.74. The molecule has 0 amide bonds. The van der Waals surface area contributed by atoms with Crippen LogP contribution < -0.4 is 10.1 Å². The molecular weight excluding hydrogens is 414 g/mol. The fraction of sp³-hybridized carbons (Fsp3) is 0.375. The SMILES string of the molecule is CC(C)CNCc1ccc(OCc2cc(Br)cs2)c(Br)c1. The zero-order valence-electron chi connectivity index (χ0n) is 12.2. The Balaban J connectivity index is 1.89. The molecule has 2 rings (SSSR count). The summed E-state index contributed by atoms with van der Waals surface area (Å²) in [6.45, 7) is 6.93. The molecule has 1 aromatic heterocycles. The van der Waals surface area contributed by atoms with Gasteiger partial charge in [0.2, 0.25) is 0 Å². The van der Waals surface area contributed by atoms with Crippen LogP contribution in [0.5, 0.6) is 5.75 Å². The monoisotopic (exact) mass is 431 g/mol. The number of hydrogen-bond donors (Lipinski definition) is 1. The fourth-order valence-corrected chi connectivity index (χ4v) is 3.76. The Morgan fingerprint density at radius 2 is 2.05 bits per heavy atom. The summed E-state index contributed by atoms with van der Waals surface area (Å²) in [4.78, 5) is 1.21. The summed E-state index contributed by atoms with van der Waals surface area (Å²) < 4.78 is 7.97. The molecule has 0 saturated heterocycles. The van der Waals surface area contributed by atoms with Gasteiger partial charge in [-0.15, -0.1) is 11.3 Å². The molecule has 21 heavy (non-hydrogen) atoms. The molecule has 0 saturated carbocycles. The summed E-state index contributed by atoms with van der Waals surface area (Å²) in [5, 5.41) is 5.51. The van der Waals surface area contributed by atoms with E-state index in [1.54, 1.807) is 11.3 Å². The molecule has 1 N–H and O–H groups in total. The number of halogens is 2. The molecule has 0 bridgehead atoms. The van der Waals surface area contributed by atoms with Crippen LogP contribution in [0.15, 0.2) is 38.6 Å². The third-order valence-electron chi connectivity index (χ3n) is 2.87. The number of rotatable bonds is 7. The molecule has 0 atom stereocenters. The first-order valence-corrected chi connectivity index (χ1v) is 9.36. The van der Waals surface area contributed by atoms with Gasteiger partial charge in [0.1, 0.15) is 12.4 Å². The van der Waals surface area contributed by atoms with Gasteiger partial charge < -0.3 is 10.1 Å². The Bertz CT molecular complexity index is 583. The molecule has 114 valence electrons. The first-order chi connectivity index (χ1) is 10.0. The standard InChI is InChI=1S/C16H19Br2NOS/c1-11(2)7-19-8-12-3-4-16(15(18)5-12)20-9-14-6-13(17)10-21-14/h3-6,10-11,19H,7-9H2,1-2H3. The second-order valence-electron chi connectivity index (χ2n) is 5.31. The Morgan fingerprint density at radius 1 is 1.24 bits per heavy atom. The van der Waals surface area contributed by atoms with Crippen LogP contribution in [0.1, 0.15) is 24.3 Å². The molecule has 1 heterocycles. The second-order valence-corrected chi connectivity index (χ2v) is 8.08. The highest BCUT2D eigenvalue weighted by Crippen LogP contribution is 2.28. The highest BCUT2D eigenvalue weighted by molar-refractivity contribution is 9.10. The highest BCUT2D eigenvalue weighted by Gasteiger charge is 2.05. The molecule has 2 aromatic rings. The Kier molecular flexibility index (Phi) is 6.74. The number of thiophene rings is 1. The number of benzene rings is 1. The molecule has 0 radical (unpaired) electrons. The Morgan fingerprint density at radius 3 is 2.67 bits per heavy atom.